The Morgan fingerprint density at radius 1 is 1.60 bits per heavy atom. The SMILES string of the molecule is O=C(CC1CCCN1)c1ccc(F)cn1. The van der Waals surface area contributed by atoms with Crippen molar-refractivity contribution in [1.82, 2.24) is 10.3 Å². The number of nitrogens with zero attached hydrogens (tertiary/aromatic N) is 1. The molecule has 0 aromatic carbocycles. The Bertz CT molecular complexity index is 344. The first kappa shape index (κ1) is 10.2. The molecule has 1 aliphatic rings. The molecule has 1 aromatic heterocycles. The van der Waals surface area contributed by atoms with Crippen molar-refractivity contribution in [1.29, 1.82) is 0 Å². The van der Waals surface area contributed by atoms with Gasteiger partial charge in [-0.25, -0.2) is 4.39 Å². The van der Waals surface area contributed by atoms with Gasteiger partial charge in [0, 0.05) is 12.5 Å². The number of carbonyl (C=O) groups is 1. The molecule has 0 bridgehead atoms. The van der Waals surface area contributed by atoms with Crippen molar-refractivity contribution in [3.05, 3.63) is 29.8 Å². The van der Waals surface area contributed by atoms with Crippen LogP contribution in [0.3, 0.4) is 0 Å². The summed E-state index contributed by atoms with van der Waals surface area (Å²) >= 11 is 0. The van der Waals surface area contributed by atoms with E-state index < -0.39 is 5.82 Å². The van der Waals surface area contributed by atoms with Gasteiger partial charge >= 0.3 is 0 Å². The summed E-state index contributed by atoms with van der Waals surface area (Å²) in [6.07, 6.45) is 3.69. The Morgan fingerprint density at radius 2 is 2.47 bits per heavy atom. The third-order valence-corrected chi connectivity index (χ3v) is 2.61. The summed E-state index contributed by atoms with van der Waals surface area (Å²) < 4.78 is 12.6. The van der Waals surface area contributed by atoms with Crippen molar-refractivity contribution in [3.63, 3.8) is 0 Å². The fraction of sp³-hybridized carbons (Fsp3) is 0.455. The van der Waals surface area contributed by atoms with Gasteiger partial charge in [-0.1, -0.05) is 0 Å². The molecule has 1 saturated heterocycles. The molecule has 3 nitrogen and oxygen atoms in total. The lowest BCUT2D eigenvalue weighted by atomic mass is 10.1. The highest BCUT2D eigenvalue weighted by Gasteiger charge is 2.19. The van der Waals surface area contributed by atoms with E-state index >= 15 is 0 Å². The Hall–Kier alpha value is -1.29. The van der Waals surface area contributed by atoms with Crippen LogP contribution in [0.2, 0.25) is 0 Å². The summed E-state index contributed by atoms with van der Waals surface area (Å²) in [6.45, 7) is 0.981. The molecule has 2 rings (SSSR count). The van der Waals surface area contributed by atoms with Crippen LogP contribution in [0.4, 0.5) is 4.39 Å². The molecule has 80 valence electrons. The summed E-state index contributed by atoms with van der Waals surface area (Å²) in [4.78, 5) is 15.5. The first-order valence-electron chi connectivity index (χ1n) is 5.14. The van der Waals surface area contributed by atoms with Crippen LogP contribution in [0.15, 0.2) is 18.3 Å². The number of ketones is 1. The van der Waals surface area contributed by atoms with Crippen LogP contribution in [-0.2, 0) is 0 Å². The minimum atomic E-state index is -0.412. The van der Waals surface area contributed by atoms with E-state index in [9.17, 15) is 9.18 Å². The molecule has 0 spiro atoms. The van der Waals surface area contributed by atoms with Crippen molar-refractivity contribution in [2.24, 2.45) is 0 Å². The van der Waals surface area contributed by atoms with Crippen LogP contribution in [0, 0.1) is 5.82 Å². The fourth-order valence-electron chi connectivity index (χ4n) is 1.80. The Kier molecular flexibility index (Phi) is 3.06. The summed E-state index contributed by atoms with van der Waals surface area (Å²) in [7, 11) is 0. The maximum atomic E-state index is 12.6. The normalized spacial score (nSPS) is 20.5. The number of carbonyl (C=O) groups excluding carboxylic acids is 1. The molecule has 2 heterocycles. The Morgan fingerprint density at radius 3 is 3.07 bits per heavy atom. The molecular weight excluding hydrogens is 195 g/mol. The van der Waals surface area contributed by atoms with Crippen molar-refractivity contribution in [2.45, 2.75) is 25.3 Å². The van der Waals surface area contributed by atoms with Gasteiger partial charge in [0.1, 0.15) is 11.5 Å². The molecule has 1 aliphatic heterocycles. The maximum absolute atomic E-state index is 12.6. The number of hydrogen-bond acceptors (Lipinski definition) is 3. The van der Waals surface area contributed by atoms with E-state index in [1.165, 1.54) is 12.1 Å². The van der Waals surface area contributed by atoms with Crippen molar-refractivity contribution in [3.8, 4) is 0 Å². The van der Waals surface area contributed by atoms with E-state index in [1.54, 1.807) is 0 Å². The molecule has 1 atom stereocenters. The second-order valence-corrected chi connectivity index (χ2v) is 3.78. The van der Waals surface area contributed by atoms with Crippen LogP contribution in [0.1, 0.15) is 29.8 Å². The van der Waals surface area contributed by atoms with E-state index in [-0.39, 0.29) is 11.8 Å². The molecule has 0 aliphatic carbocycles. The predicted octanol–water partition coefficient (Wildman–Crippen LogP) is 1.55. The largest absolute Gasteiger partial charge is 0.314 e. The number of pyridine rings is 1. The van der Waals surface area contributed by atoms with Gasteiger partial charge in [0.05, 0.1) is 6.20 Å². The summed E-state index contributed by atoms with van der Waals surface area (Å²) in [5.41, 5.74) is 0.352. The van der Waals surface area contributed by atoms with Crippen LogP contribution >= 0.6 is 0 Å². The highest BCUT2D eigenvalue weighted by atomic mass is 19.1. The second-order valence-electron chi connectivity index (χ2n) is 3.78. The molecule has 1 fully saturated rings. The molecule has 0 saturated carbocycles. The molecule has 15 heavy (non-hydrogen) atoms. The monoisotopic (exact) mass is 208 g/mol. The topological polar surface area (TPSA) is 42.0 Å². The number of nitrogens with one attached hydrogen (secondary N) is 1. The lowest BCUT2D eigenvalue weighted by molar-refractivity contribution is 0.0967. The maximum Gasteiger partial charge on any atom is 0.182 e. The van der Waals surface area contributed by atoms with E-state index in [2.05, 4.69) is 10.3 Å². The smallest absolute Gasteiger partial charge is 0.182 e. The summed E-state index contributed by atoms with van der Waals surface area (Å²) in [5.74, 6) is -0.431. The van der Waals surface area contributed by atoms with Gasteiger partial charge < -0.3 is 5.32 Å². The van der Waals surface area contributed by atoms with Crippen molar-refractivity contribution in [2.75, 3.05) is 6.54 Å². The first-order valence-corrected chi connectivity index (χ1v) is 5.14. The van der Waals surface area contributed by atoms with Crippen LogP contribution in [-0.4, -0.2) is 23.4 Å². The highest BCUT2D eigenvalue weighted by molar-refractivity contribution is 5.94. The minimum absolute atomic E-state index is 0.0191. The van der Waals surface area contributed by atoms with Gasteiger partial charge in [-0.15, -0.1) is 0 Å². The van der Waals surface area contributed by atoms with E-state index in [4.69, 9.17) is 0 Å². The van der Waals surface area contributed by atoms with Crippen molar-refractivity contribution >= 4 is 5.78 Å². The number of rotatable bonds is 3. The zero-order valence-corrected chi connectivity index (χ0v) is 8.37. The average molecular weight is 208 g/mol. The minimum Gasteiger partial charge on any atom is -0.314 e. The number of halogens is 1. The van der Waals surface area contributed by atoms with Gasteiger partial charge in [-0.2, -0.15) is 0 Å². The quantitative estimate of drug-likeness (QED) is 0.766. The predicted molar refractivity (Wildman–Crippen MR) is 54.2 cm³/mol. The fourth-order valence-corrected chi connectivity index (χ4v) is 1.80. The van der Waals surface area contributed by atoms with Gasteiger partial charge in [-0.05, 0) is 31.5 Å². The van der Waals surface area contributed by atoms with Gasteiger partial charge in [-0.3, -0.25) is 9.78 Å². The summed E-state index contributed by atoms with van der Waals surface area (Å²) in [5, 5.41) is 3.25. The molecule has 1 unspecified atom stereocenters. The van der Waals surface area contributed by atoms with Gasteiger partial charge in [0.15, 0.2) is 5.78 Å². The average Bonchev–Trinajstić information content (AvgIpc) is 2.71. The third kappa shape index (κ3) is 2.59. The zero-order valence-electron chi connectivity index (χ0n) is 8.37. The lowest BCUT2D eigenvalue weighted by Gasteiger charge is -2.07. The van der Waals surface area contributed by atoms with Crippen LogP contribution in [0.25, 0.3) is 0 Å². The number of aromatic nitrogens is 1. The Labute approximate surface area is 87.7 Å². The van der Waals surface area contributed by atoms with Crippen molar-refractivity contribution < 1.29 is 9.18 Å². The summed E-state index contributed by atoms with van der Waals surface area (Å²) in [6, 6.07) is 2.97. The highest BCUT2D eigenvalue weighted by Crippen LogP contribution is 2.11. The van der Waals surface area contributed by atoms with E-state index in [1.807, 2.05) is 0 Å². The Balaban J connectivity index is 1.98. The standard InChI is InChI=1S/C11H13FN2O/c12-8-3-4-10(14-7-8)11(15)6-9-2-1-5-13-9/h3-4,7,9,13H,1-2,5-6H2. The molecule has 0 radical (unpaired) electrons. The number of hydrogen-bond donors (Lipinski definition) is 1. The molecule has 1 aromatic rings. The zero-order chi connectivity index (χ0) is 10.7. The van der Waals surface area contributed by atoms with Crippen LogP contribution < -0.4 is 5.32 Å². The molecule has 1 N–H and O–H groups in total. The third-order valence-electron chi connectivity index (χ3n) is 2.61. The van der Waals surface area contributed by atoms with E-state index in [0.717, 1.165) is 25.6 Å². The molecule has 4 heteroatoms. The second kappa shape index (κ2) is 4.49. The van der Waals surface area contributed by atoms with Gasteiger partial charge in [0.25, 0.3) is 0 Å². The molecular formula is C11H13FN2O. The first-order chi connectivity index (χ1) is 7.25. The van der Waals surface area contributed by atoms with Crippen LogP contribution in [0.5, 0.6) is 0 Å². The molecule has 0 amide bonds. The van der Waals surface area contributed by atoms with E-state index in [0.29, 0.717) is 12.1 Å². The number of Topliss-reactive ketones (excluding diaryl/α,β-unsaturated/α-hetero) is 1. The van der Waals surface area contributed by atoms with Gasteiger partial charge in [0.2, 0.25) is 0 Å². The lowest BCUT2D eigenvalue weighted by Crippen LogP contribution is -2.24.